The SMILES string of the molecule is Cc1ccccc1N(C)CC1(C=O)CCCOC1. The zero-order valence-electron chi connectivity index (χ0n) is 11.2. The number of hydrogen-bond acceptors (Lipinski definition) is 3. The van der Waals surface area contributed by atoms with Crippen LogP contribution in [0.5, 0.6) is 0 Å². The number of hydrogen-bond donors (Lipinski definition) is 0. The molecule has 0 aliphatic carbocycles. The summed E-state index contributed by atoms with van der Waals surface area (Å²) >= 11 is 0. The molecule has 1 aliphatic heterocycles. The molecule has 2 rings (SSSR count). The second-order valence-corrected chi connectivity index (χ2v) is 5.28. The number of carbonyl (C=O) groups is 1. The molecule has 0 N–H and O–H groups in total. The monoisotopic (exact) mass is 247 g/mol. The van der Waals surface area contributed by atoms with E-state index in [1.165, 1.54) is 11.3 Å². The van der Waals surface area contributed by atoms with Crippen LogP contribution in [0.2, 0.25) is 0 Å². The van der Waals surface area contributed by atoms with Gasteiger partial charge in [0.1, 0.15) is 6.29 Å². The van der Waals surface area contributed by atoms with Gasteiger partial charge in [-0.05, 0) is 31.4 Å². The first-order valence-electron chi connectivity index (χ1n) is 6.48. The van der Waals surface area contributed by atoms with Gasteiger partial charge in [0, 0.05) is 25.9 Å². The van der Waals surface area contributed by atoms with Crippen molar-refractivity contribution < 1.29 is 9.53 Å². The van der Waals surface area contributed by atoms with E-state index >= 15 is 0 Å². The number of benzene rings is 1. The van der Waals surface area contributed by atoms with E-state index in [0.717, 1.165) is 32.3 Å². The molecule has 0 aromatic heterocycles. The highest BCUT2D eigenvalue weighted by molar-refractivity contribution is 5.62. The van der Waals surface area contributed by atoms with Gasteiger partial charge < -0.3 is 14.4 Å². The van der Waals surface area contributed by atoms with Gasteiger partial charge >= 0.3 is 0 Å². The summed E-state index contributed by atoms with van der Waals surface area (Å²) < 4.78 is 5.49. The molecule has 1 unspecified atom stereocenters. The standard InChI is InChI=1S/C15H21NO2/c1-13-6-3-4-7-14(13)16(2)10-15(11-17)8-5-9-18-12-15/h3-4,6-7,11H,5,8-10,12H2,1-2H3. The van der Waals surface area contributed by atoms with Crippen molar-refractivity contribution in [3.05, 3.63) is 29.8 Å². The zero-order chi connectivity index (χ0) is 13.0. The number of anilines is 1. The number of nitrogens with zero attached hydrogens (tertiary/aromatic N) is 1. The molecule has 1 aromatic rings. The maximum absolute atomic E-state index is 11.4. The van der Waals surface area contributed by atoms with Gasteiger partial charge in [-0.25, -0.2) is 0 Å². The average Bonchev–Trinajstić information content (AvgIpc) is 2.40. The Morgan fingerprint density at radius 1 is 1.44 bits per heavy atom. The second-order valence-electron chi connectivity index (χ2n) is 5.28. The Morgan fingerprint density at radius 3 is 2.83 bits per heavy atom. The van der Waals surface area contributed by atoms with E-state index < -0.39 is 0 Å². The van der Waals surface area contributed by atoms with E-state index in [1.807, 2.05) is 19.2 Å². The molecule has 0 bridgehead atoms. The summed E-state index contributed by atoms with van der Waals surface area (Å²) in [4.78, 5) is 13.6. The summed E-state index contributed by atoms with van der Waals surface area (Å²) in [6.45, 7) is 4.15. The number of aryl methyl sites for hydroxylation is 1. The fourth-order valence-electron chi connectivity index (χ4n) is 2.68. The van der Waals surface area contributed by atoms with Gasteiger partial charge in [-0.15, -0.1) is 0 Å². The summed E-state index contributed by atoms with van der Waals surface area (Å²) in [7, 11) is 2.04. The summed E-state index contributed by atoms with van der Waals surface area (Å²) in [6.07, 6.45) is 2.98. The molecular formula is C15H21NO2. The molecular weight excluding hydrogens is 226 g/mol. The smallest absolute Gasteiger partial charge is 0.130 e. The lowest BCUT2D eigenvalue weighted by atomic mass is 9.83. The number of rotatable bonds is 4. The van der Waals surface area contributed by atoms with Crippen molar-refractivity contribution in [2.24, 2.45) is 5.41 Å². The molecule has 3 heteroatoms. The first-order chi connectivity index (χ1) is 8.67. The van der Waals surface area contributed by atoms with Crippen LogP contribution in [0.1, 0.15) is 18.4 Å². The minimum absolute atomic E-state index is 0.338. The normalized spacial score (nSPS) is 23.7. The largest absolute Gasteiger partial charge is 0.380 e. The third kappa shape index (κ3) is 2.72. The van der Waals surface area contributed by atoms with Gasteiger partial charge in [0.25, 0.3) is 0 Å². The highest BCUT2D eigenvalue weighted by Crippen LogP contribution is 2.29. The molecule has 1 heterocycles. The molecule has 98 valence electrons. The molecule has 1 atom stereocenters. The Kier molecular flexibility index (Phi) is 4.02. The Labute approximate surface area is 109 Å². The van der Waals surface area contributed by atoms with Crippen molar-refractivity contribution in [1.29, 1.82) is 0 Å². The molecule has 0 spiro atoms. The van der Waals surface area contributed by atoms with E-state index in [1.54, 1.807) is 0 Å². The quantitative estimate of drug-likeness (QED) is 0.765. The van der Waals surface area contributed by atoms with Gasteiger partial charge in [0.2, 0.25) is 0 Å². The Balaban J connectivity index is 2.12. The van der Waals surface area contributed by atoms with Crippen molar-refractivity contribution in [3.63, 3.8) is 0 Å². The lowest BCUT2D eigenvalue weighted by molar-refractivity contribution is -0.122. The molecule has 1 aliphatic rings. The van der Waals surface area contributed by atoms with Gasteiger partial charge in [-0.3, -0.25) is 0 Å². The molecule has 1 fully saturated rings. The minimum atomic E-state index is -0.338. The molecule has 0 saturated carbocycles. The van der Waals surface area contributed by atoms with Crippen LogP contribution in [0.4, 0.5) is 5.69 Å². The number of ether oxygens (including phenoxy) is 1. The van der Waals surface area contributed by atoms with Crippen molar-refractivity contribution in [2.75, 3.05) is 31.7 Å². The van der Waals surface area contributed by atoms with E-state index in [9.17, 15) is 4.79 Å². The minimum Gasteiger partial charge on any atom is -0.380 e. The zero-order valence-corrected chi connectivity index (χ0v) is 11.2. The Bertz CT molecular complexity index is 411. The van der Waals surface area contributed by atoms with Gasteiger partial charge in [0.05, 0.1) is 12.0 Å². The van der Waals surface area contributed by atoms with E-state index in [2.05, 4.69) is 24.0 Å². The first-order valence-corrected chi connectivity index (χ1v) is 6.48. The summed E-state index contributed by atoms with van der Waals surface area (Å²) in [6, 6.07) is 8.25. The van der Waals surface area contributed by atoms with Crippen molar-refractivity contribution in [3.8, 4) is 0 Å². The van der Waals surface area contributed by atoms with E-state index in [0.29, 0.717) is 6.61 Å². The highest BCUT2D eigenvalue weighted by atomic mass is 16.5. The molecule has 0 amide bonds. The summed E-state index contributed by atoms with van der Waals surface area (Å²) in [5, 5.41) is 0. The van der Waals surface area contributed by atoms with Crippen molar-refractivity contribution in [2.45, 2.75) is 19.8 Å². The predicted octanol–water partition coefficient (Wildman–Crippen LogP) is 2.43. The predicted molar refractivity (Wildman–Crippen MR) is 73.0 cm³/mol. The van der Waals surface area contributed by atoms with Gasteiger partial charge in [-0.1, -0.05) is 18.2 Å². The topological polar surface area (TPSA) is 29.5 Å². The van der Waals surface area contributed by atoms with Crippen LogP contribution in [0.25, 0.3) is 0 Å². The Morgan fingerprint density at radius 2 is 2.22 bits per heavy atom. The van der Waals surface area contributed by atoms with Crippen LogP contribution in [0, 0.1) is 12.3 Å². The van der Waals surface area contributed by atoms with E-state index in [-0.39, 0.29) is 5.41 Å². The van der Waals surface area contributed by atoms with Crippen LogP contribution in [0.15, 0.2) is 24.3 Å². The molecule has 1 aromatic carbocycles. The van der Waals surface area contributed by atoms with Crippen LogP contribution < -0.4 is 4.90 Å². The average molecular weight is 247 g/mol. The van der Waals surface area contributed by atoms with Crippen molar-refractivity contribution >= 4 is 12.0 Å². The Hall–Kier alpha value is -1.35. The van der Waals surface area contributed by atoms with Crippen LogP contribution in [0.3, 0.4) is 0 Å². The van der Waals surface area contributed by atoms with Crippen LogP contribution >= 0.6 is 0 Å². The molecule has 3 nitrogen and oxygen atoms in total. The van der Waals surface area contributed by atoms with E-state index in [4.69, 9.17) is 4.74 Å². The van der Waals surface area contributed by atoms with Crippen LogP contribution in [-0.4, -0.2) is 33.1 Å². The fraction of sp³-hybridized carbons (Fsp3) is 0.533. The third-order valence-electron chi connectivity index (χ3n) is 3.68. The second kappa shape index (κ2) is 5.53. The lowest BCUT2D eigenvalue weighted by Crippen LogP contribution is -2.43. The number of aldehydes is 1. The third-order valence-corrected chi connectivity index (χ3v) is 3.68. The molecule has 1 saturated heterocycles. The number of carbonyl (C=O) groups excluding carboxylic acids is 1. The summed E-state index contributed by atoms with van der Waals surface area (Å²) in [5.74, 6) is 0. The summed E-state index contributed by atoms with van der Waals surface area (Å²) in [5.41, 5.74) is 2.08. The molecule has 0 radical (unpaired) electrons. The maximum atomic E-state index is 11.4. The first kappa shape index (κ1) is 13.1. The van der Waals surface area contributed by atoms with Gasteiger partial charge in [0.15, 0.2) is 0 Å². The molecule has 18 heavy (non-hydrogen) atoms. The highest BCUT2D eigenvalue weighted by Gasteiger charge is 2.34. The van der Waals surface area contributed by atoms with Crippen LogP contribution in [-0.2, 0) is 9.53 Å². The van der Waals surface area contributed by atoms with Gasteiger partial charge in [-0.2, -0.15) is 0 Å². The van der Waals surface area contributed by atoms with Crippen molar-refractivity contribution in [1.82, 2.24) is 0 Å². The number of para-hydroxylation sites is 1. The fourth-order valence-corrected chi connectivity index (χ4v) is 2.68. The maximum Gasteiger partial charge on any atom is 0.130 e. The lowest BCUT2D eigenvalue weighted by Gasteiger charge is -2.36.